The molecule has 0 aliphatic rings. The zero-order valence-electron chi connectivity index (χ0n) is 12.5. The minimum atomic E-state index is -0.314. The summed E-state index contributed by atoms with van der Waals surface area (Å²) in [5.74, 6) is 0.826. The maximum atomic E-state index is 11.6. The summed E-state index contributed by atoms with van der Waals surface area (Å²) in [5.41, 5.74) is 5.79. The molecule has 0 aliphatic carbocycles. The number of rotatable bonds is 11. The number of amides is 1. The van der Waals surface area contributed by atoms with Crippen LogP contribution in [0.3, 0.4) is 0 Å². The molecule has 0 fully saturated rings. The molecule has 0 saturated carbocycles. The first-order valence-corrected chi connectivity index (χ1v) is 7.61. The smallest absolute Gasteiger partial charge is 0.236 e. The second-order valence-corrected chi connectivity index (χ2v) is 5.64. The first kappa shape index (κ1) is 17.4. The Labute approximate surface area is 113 Å². The minimum absolute atomic E-state index is 0.0191. The molecule has 3 N–H and O–H groups in total. The molecule has 0 aromatic carbocycles. The highest BCUT2D eigenvalue weighted by Crippen LogP contribution is 2.09. The first-order valence-electron chi connectivity index (χ1n) is 7.61. The molecular weight excluding hydrogens is 224 g/mol. The van der Waals surface area contributed by atoms with E-state index < -0.39 is 0 Å². The Morgan fingerprint density at radius 1 is 1.06 bits per heavy atom. The lowest BCUT2D eigenvalue weighted by Gasteiger charge is -2.11. The van der Waals surface area contributed by atoms with Crippen molar-refractivity contribution in [3.63, 3.8) is 0 Å². The topological polar surface area (TPSA) is 55.1 Å². The third-order valence-electron chi connectivity index (χ3n) is 3.21. The van der Waals surface area contributed by atoms with Crippen molar-refractivity contribution >= 4 is 5.91 Å². The van der Waals surface area contributed by atoms with Gasteiger partial charge in [-0.05, 0) is 18.8 Å². The van der Waals surface area contributed by atoms with E-state index in [0.717, 1.165) is 38.1 Å². The molecule has 18 heavy (non-hydrogen) atoms. The largest absolute Gasteiger partial charge is 0.355 e. The van der Waals surface area contributed by atoms with Gasteiger partial charge in [-0.2, -0.15) is 0 Å². The minimum Gasteiger partial charge on any atom is -0.355 e. The fourth-order valence-electron chi connectivity index (χ4n) is 1.93. The molecule has 1 atom stereocenters. The zero-order chi connectivity index (χ0) is 13.8. The third kappa shape index (κ3) is 10.6. The van der Waals surface area contributed by atoms with Crippen molar-refractivity contribution in [3.8, 4) is 0 Å². The monoisotopic (exact) mass is 256 g/mol. The lowest BCUT2D eigenvalue weighted by Crippen LogP contribution is -2.40. The summed E-state index contributed by atoms with van der Waals surface area (Å²) in [5, 5.41) is 2.93. The second kappa shape index (κ2) is 11.5. The molecule has 0 radical (unpaired) electrons. The van der Waals surface area contributed by atoms with Crippen LogP contribution in [0.2, 0.25) is 0 Å². The predicted octanol–water partition coefficient (Wildman–Crippen LogP) is 3.23. The highest BCUT2D eigenvalue weighted by atomic mass is 16.2. The van der Waals surface area contributed by atoms with E-state index in [1.54, 1.807) is 0 Å². The highest BCUT2D eigenvalue weighted by molar-refractivity contribution is 5.81. The number of carbonyl (C=O) groups is 1. The number of hydrogen-bond acceptors (Lipinski definition) is 2. The Kier molecular flexibility index (Phi) is 11.2. The van der Waals surface area contributed by atoms with E-state index in [-0.39, 0.29) is 11.9 Å². The molecule has 3 heteroatoms. The van der Waals surface area contributed by atoms with Gasteiger partial charge in [-0.3, -0.25) is 4.79 Å². The number of hydrogen-bond donors (Lipinski definition) is 2. The molecule has 0 saturated heterocycles. The van der Waals surface area contributed by atoms with Crippen LogP contribution in [-0.4, -0.2) is 18.5 Å². The van der Waals surface area contributed by atoms with E-state index in [1.807, 2.05) is 0 Å². The second-order valence-electron chi connectivity index (χ2n) is 5.64. The molecule has 0 spiro atoms. The van der Waals surface area contributed by atoms with Gasteiger partial charge in [-0.15, -0.1) is 0 Å². The lowest BCUT2D eigenvalue weighted by molar-refractivity contribution is -0.122. The molecule has 3 nitrogen and oxygen atoms in total. The molecule has 0 aromatic heterocycles. The van der Waals surface area contributed by atoms with E-state index in [9.17, 15) is 4.79 Å². The molecule has 0 heterocycles. The standard InChI is InChI=1S/C15H32N2O/c1-4-5-11-14(16)15(18)17-12-9-7-6-8-10-13(2)3/h13-14H,4-12,16H2,1-3H3,(H,17,18). The molecule has 1 unspecified atom stereocenters. The molecule has 0 aliphatic heterocycles. The Hall–Kier alpha value is -0.570. The molecule has 0 bridgehead atoms. The van der Waals surface area contributed by atoms with Crippen LogP contribution in [-0.2, 0) is 4.79 Å². The van der Waals surface area contributed by atoms with Crippen molar-refractivity contribution in [2.24, 2.45) is 11.7 Å². The van der Waals surface area contributed by atoms with Crippen LogP contribution < -0.4 is 11.1 Å². The summed E-state index contributed by atoms with van der Waals surface area (Å²) < 4.78 is 0. The van der Waals surface area contributed by atoms with Gasteiger partial charge in [-0.25, -0.2) is 0 Å². The van der Waals surface area contributed by atoms with Crippen LogP contribution in [0.4, 0.5) is 0 Å². The number of carbonyl (C=O) groups excluding carboxylic acids is 1. The molecular formula is C15H32N2O. The van der Waals surface area contributed by atoms with Crippen molar-refractivity contribution < 1.29 is 4.79 Å². The maximum absolute atomic E-state index is 11.6. The summed E-state index contributed by atoms with van der Waals surface area (Å²) in [6.07, 6.45) is 9.10. The van der Waals surface area contributed by atoms with Gasteiger partial charge in [0.05, 0.1) is 6.04 Å². The van der Waals surface area contributed by atoms with Crippen LogP contribution in [0.1, 0.15) is 72.1 Å². The third-order valence-corrected chi connectivity index (χ3v) is 3.21. The predicted molar refractivity (Wildman–Crippen MR) is 78.4 cm³/mol. The summed E-state index contributed by atoms with van der Waals surface area (Å²) in [6.45, 7) is 7.41. The molecule has 1 amide bonds. The van der Waals surface area contributed by atoms with Gasteiger partial charge in [0, 0.05) is 6.54 Å². The normalized spacial score (nSPS) is 12.7. The fourth-order valence-corrected chi connectivity index (χ4v) is 1.93. The molecule has 108 valence electrons. The number of nitrogens with one attached hydrogen (secondary N) is 1. The van der Waals surface area contributed by atoms with Crippen LogP contribution in [0.15, 0.2) is 0 Å². The Balaban J connectivity index is 3.34. The average Bonchev–Trinajstić information content (AvgIpc) is 2.34. The number of unbranched alkanes of at least 4 members (excludes halogenated alkanes) is 4. The Morgan fingerprint density at radius 2 is 1.72 bits per heavy atom. The first-order chi connectivity index (χ1) is 8.57. The van der Waals surface area contributed by atoms with Crippen molar-refractivity contribution in [2.45, 2.75) is 78.2 Å². The Bertz CT molecular complexity index is 205. The number of nitrogens with two attached hydrogens (primary N) is 1. The van der Waals surface area contributed by atoms with E-state index in [2.05, 4.69) is 26.1 Å². The van der Waals surface area contributed by atoms with Gasteiger partial charge in [0.25, 0.3) is 0 Å². The van der Waals surface area contributed by atoms with Gasteiger partial charge in [-0.1, -0.05) is 59.3 Å². The van der Waals surface area contributed by atoms with Gasteiger partial charge in [0.1, 0.15) is 0 Å². The van der Waals surface area contributed by atoms with Crippen LogP contribution in [0.25, 0.3) is 0 Å². The van der Waals surface area contributed by atoms with E-state index in [0.29, 0.717) is 0 Å². The molecule has 0 rings (SSSR count). The maximum Gasteiger partial charge on any atom is 0.236 e. The Morgan fingerprint density at radius 3 is 2.33 bits per heavy atom. The van der Waals surface area contributed by atoms with Crippen molar-refractivity contribution in [2.75, 3.05) is 6.54 Å². The van der Waals surface area contributed by atoms with Crippen LogP contribution >= 0.6 is 0 Å². The van der Waals surface area contributed by atoms with E-state index >= 15 is 0 Å². The van der Waals surface area contributed by atoms with Crippen LogP contribution in [0.5, 0.6) is 0 Å². The van der Waals surface area contributed by atoms with E-state index in [4.69, 9.17) is 5.73 Å². The summed E-state index contributed by atoms with van der Waals surface area (Å²) >= 11 is 0. The van der Waals surface area contributed by atoms with Crippen molar-refractivity contribution in [3.05, 3.63) is 0 Å². The molecule has 0 aromatic rings. The van der Waals surface area contributed by atoms with Crippen LogP contribution in [0, 0.1) is 5.92 Å². The average molecular weight is 256 g/mol. The van der Waals surface area contributed by atoms with Crippen molar-refractivity contribution in [1.82, 2.24) is 5.32 Å². The highest BCUT2D eigenvalue weighted by Gasteiger charge is 2.11. The summed E-state index contributed by atoms with van der Waals surface area (Å²) in [7, 11) is 0. The van der Waals surface area contributed by atoms with E-state index in [1.165, 1.54) is 25.7 Å². The van der Waals surface area contributed by atoms with Gasteiger partial charge in [0.2, 0.25) is 5.91 Å². The fraction of sp³-hybridized carbons (Fsp3) is 0.933. The quantitative estimate of drug-likeness (QED) is 0.558. The summed E-state index contributed by atoms with van der Waals surface area (Å²) in [6, 6.07) is -0.314. The summed E-state index contributed by atoms with van der Waals surface area (Å²) in [4.78, 5) is 11.6. The van der Waals surface area contributed by atoms with Gasteiger partial charge < -0.3 is 11.1 Å². The van der Waals surface area contributed by atoms with Gasteiger partial charge >= 0.3 is 0 Å². The SMILES string of the molecule is CCCCC(N)C(=O)NCCCCCCC(C)C. The lowest BCUT2D eigenvalue weighted by atomic mass is 10.0. The van der Waals surface area contributed by atoms with Gasteiger partial charge in [0.15, 0.2) is 0 Å². The van der Waals surface area contributed by atoms with Crippen molar-refractivity contribution in [1.29, 1.82) is 0 Å². The zero-order valence-corrected chi connectivity index (χ0v) is 12.5.